The summed E-state index contributed by atoms with van der Waals surface area (Å²) in [6, 6.07) is 86.2. The second-order valence-corrected chi connectivity index (χ2v) is 18.1. The number of benzene rings is 10. The SMILES string of the molecule is Cn1c2ccccc2c2ccc(N(c3ccccc3)c3cc(N(c4ccccc4)c4ccc5c6ccccc6n(C)c5c4)cc(N(c4ccccc4)c4ccc5c6ccccc6n(C)c5c4)c3)cc21. The minimum Gasteiger partial charge on any atom is -0.344 e. The maximum absolute atomic E-state index is 2.41. The van der Waals surface area contributed by atoms with E-state index in [1.165, 1.54) is 65.4 Å². The summed E-state index contributed by atoms with van der Waals surface area (Å²) < 4.78 is 6.96. The Balaban J connectivity index is 1.10. The predicted molar refractivity (Wildman–Crippen MR) is 292 cm³/mol. The van der Waals surface area contributed by atoms with E-state index in [4.69, 9.17) is 0 Å². The van der Waals surface area contributed by atoms with Crippen LogP contribution in [0.2, 0.25) is 0 Å². The Kier molecular flexibility index (Phi) is 9.41. The molecule has 0 bridgehead atoms. The van der Waals surface area contributed by atoms with E-state index in [0.29, 0.717) is 0 Å². The van der Waals surface area contributed by atoms with Crippen LogP contribution in [0.15, 0.2) is 237 Å². The summed E-state index contributed by atoms with van der Waals surface area (Å²) in [7, 11) is 6.53. The lowest BCUT2D eigenvalue weighted by atomic mass is 10.1. The van der Waals surface area contributed by atoms with E-state index in [1.807, 2.05) is 0 Å². The van der Waals surface area contributed by atoms with Crippen molar-refractivity contribution in [3.8, 4) is 0 Å². The van der Waals surface area contributed by atoms with Crippen LogP contribution in [-0.2, 0) is 21.1 Å². The fraction of sp³-hybridized carbons (Fsp3) is 0.0476. The van der Waals surface area contributed by atoms with Crippen molar-refractivity contribution in [3.63, 3.8) is 0 Å². The zero-order valence-electron chi connectivity index (χ0n) is 38.7. The standard InChI is InChI=1S/C63H48N6/c1-64-58-28-16-13-25-52(58)55-34-31-46(40-61(55)64)67(43-19-7-4-8-20-43)49-37-50(68(44-21-9-5-10-22-44)47-32-35-56-53-26-14-17-29-59(53)65(2)62(56)41-47)39-51(38-49)69(45-23-11-6-12-24-45)48-33-36-57-54-27-15-18-30-60(54)66(3)63(57)42-48/h4-42H,1-3H3. The van der Waals surface area contributed by atoms with Crippen molar-refractivity contribution in [2.24, 2.45) is 21.1 Å². The first-order valence-corrected chi connectivity index (χ1v) is 23.6. The van der Waals surface area contributed by atoms with Crippen molar-refractivity contribution < 1.29 is 0 Å². The Morgan fingerprint density at radius 3 is 0.739 bits per heavy atom. The molecule has 0 fully saturated rings. The lowest BCUT2D eigenvalue weighted by Crippen LogP contribution is -2.16. The number of fused-ring (bicyclic) bond motifs is 9. The molecule has 0 saturated carbocycles. The molecule has 0 aliphatic heterocycles. The Morgan fingerprint density at radius 2 is 0.449 bits per heavy atom. The second-order valence-electron chi connectivity index (χ2n) is 18.1. The van der Waals surface area contributed by atoms with Crippen molar-refractivity contribution in [1.29, 1.82) is 0 Å². The first-order chi connectivity index (χ1) is 34.0. The number of hydrogen-bond acceptors (Lipinski definition) is 3. The van der Waals surface area contributed by atoms with Gasteiger partial charge in [-0.05, 0) is 109 Å². The van der Waals surface area contributed by atoms with Crippen LogP contribution in [0, 0.1) is 0 Å². The highest BCUT2D eigenvalue weighted by atomic mass is 15.2. The Hall–Kier alpha value is -9.00. The van der Waals surface area contributed by atoms with E-state index in [0.717, 1.165) is 51.2 Å². The van der Waals surface area contributed by atoms with Gasteiger partial charge in [-0.2, -0.15) is 0 Å². The van der Waals surface area contributed by atoms with E-state index >= 15 is 0 Å². The van der Waals surface area contributed by atoms with Crippen LogP contribution in [0.3, 0.4) is 0 Å². The molecule has 0 radical (unpaired) electrons. The van der Waals surface area contributed by atoms with Crippen molar-refractivity contribution in [1.82, 2.24) is 13.7 Å². The molecule has 0 spiro atoms. The van der Waals surface area contributed by atoms with E-state index in [2.05, 4.69) is 286 Å². The molecule has 0 aliphatic carbocycles. The van der Waals surface area contributed by atoms with Crippen molar-refractivity contribution in [3.05, 3.63) is 237 Å². The van der Waals surface area contributed by atoms with Crippen molar-refractivity contribution >= 4 is 117 Å². The average Bonchev–Trinajstić information content (AvgIpc) is 3.97. The molecule has 0 amide bonds. The Labute approximate surface area is 400 Å². The average molecular weight is 889 g/mol. The minimum atomic E-state index is 1.02. The Bertz CT molecular complexity index is 3640. The lowest BCUT2D eigenvalue weighted by Gasteiger charge is -2.33. The lowest BCUT2D eigenvalue weighted by molar-refractivity contribution is 1.01. The monoisotopic (exact) mass is 888 g/mol. The smallest absolute Gasteiger partial charge is 0.0509 e. The molecule has 10 aromatic carbocycles. The zero-order chi connectivity index (χ0) is 46.2. The first-order valence-electron chi connectivity index (χ1n) is 23.6. The van der Waals surface area contributed by atoms with Gasteiger partial charge in [0.2, 0.25) is 0 Å². The van der Waals surface area contributed by atoms with E-state index < -0.39 is 0 Å². The fourth-order valence-corrected chi connectivity index (χ4v) is 10.9. The number of anilines is 9. The summed E-state index contributed by atoms with van der Waals surface area (Å²) >= 11 is 0. The van der Waals surface area contributed by atoms with Crippen molar-refractivity contribution in [2.45, 2.75) is 0 Å². The molecule has 0 N–H and O–H groups in total. The molecule has 0 atom stereocenters. The number of hydrogen-bond donors (Lipinski definition) is 0. The third-order valence-corrected chi connectivity index (χ3v) is 14.2. The summed E-state index contributed by atoms with van der Waals surface area (Å²) in [5, 5.41) is 7.45. The van der Waals surface area contributed by atoms with E-state index in [-0.39, 0.29) is 0 Å². The van der Waals surface area contributed by atoms with Gasteiger partial charge in [0.25, 0.3) is 0 Å². The zero-order valence-corrected chi connectivity index (χ0v) is 38.7. The van der Waals surface area contributed by atoms with Crippen LogP contribution in [0.1, 0.15) is 0 Å². The largest absolute Gasteiger partial charge is 0.344 e. The molecule has 330 valence electrons. The summed E-state index contributed by atoms with van der Waals surface area (Å²) in [5.74, 6) is 0. The molecule has 3 heterocycles. The molecular formula is C63H48N6. The second kappa shape index (κ2) is 16.1. The van der Waals surface area contributed by atoms with Gasteiger partial charge >= 0.3 is 0 Å². The molecule has 0 aliphatic rings. The van der Waals surface area contributed by atoms with Gasteiger partial charge in [-0.15, -0.1) is 0 Å². The molecule has 69 heavy (non-hydrogen) atoms. The highest BCUT2D eigenvalue weighted by Gasteiger charge is 2.24. The quantitative estimate of drug-likeness (QED) is 0.144. The van der Waals surface area contributed by atoms with Gasteiger partial charge in [0.05, 0.1) is 33.6 Å². The molecule has 3 aromatic heterocycles. The van der Waals surface area contributed by atoms with Gasteiger partial charge < -0.3 is 28.4 Å². The third-order valence-electron chi connectivity index (χ3n) is 14.2. The summed E-state index contributed by atoms with van der Waals surface area (Å²) in [4.78, 5) is 7.24. The van der Waals surface area contributed by atoms with Gasteiger partial charge in [0.1, 0.15) is 0 Å². The van der Waals surface area contributed by atoms with Gasteiger partial charge in [0, 0.05) is 104 Å². The number of aryl methyl sites for hydroxylation is 3. The predicted octanol–water partition coefficient (Wildman–Crippen LogP) is 17.0. The third kappa shape index (κ3) is 6.56. The minimum absolute atomic E-state index is 1.02. The maximum atomic E-state index is 2.41. The van der Waals surface area contributed by atoms with Gasteiger partial charge in [-0.25, -0.2) is 0 Å². The van der Waals surface area contributed by atoms with Crippen LogP contribution in [0.5, 0.6) is 0 Å². The van der Waals surface area contributed by atoms with Crippen LogP contribution in [-0.4, -0.2) is 13.7 Å². The highest BCUT2D eigenvalue weighted by Crippen LogP contribution is 2.48. The Morgan fingerprint density at radius 1 is 0.203 bits per heavy atom. The van der Waals surface area contributed by atoms with Crippen LogP contribution in [0.25, 0.3) is 65.4 Å². The van der Waals surface area contributed by atoms with Crippen LogP contribution in [0.4, 0.5) is 51.2 Å². The number of rotatable bonds is 9. The molecular weight excluding hydrogens is 841 g/mol. The van der Waals surface area contributed by atoms with Crippen LogP contribution >= 0.6 is 0 Å². The fourth-order valence-electron chi connectivity index (χ4n) is 10.9. The maximum Gasteiger partial charge on any atom is 0.0509 e. The molecule has 6 nitrogen and oxygen atoms in total. The van der Waals surface area contributed by atoms with Crippen molar-refractivity contribution in [2.75, 3.05) is 14.7 Å². The van der Waals surface area contributed by atoms with Gasteiger partial charge in [0.15, 0.2) is 0 Å². The number of para-hydroxylation sites is 6. The molecule has 13 aromatic rings. The van der Waals surface area contributed by atoms with E-state index in [9.17, 15) is 0 Å². The molecule has 0 saturated heterocycles. The molecule has 6 heteroatoms. The van der Waals surface area contributed by atoms with E-state index in [1.54, 1.807) is 0 Å². The van der Waals surface area contributed by atoms with Gasteiger partial charge in [-0.1, -0.05) is 127 Å². The summed E-state index contributed by atoms with van der Waals surface area (Å²) in [6.45, 7) is 0. The van der Waals surface area contributed by atoms with Crippen LogP contribution < -0.4 is 14.7 Å². The first kappa shape index (κ1) is 40.3. The van der Waals surface area contributed by atoms with Gasteiger partial charge in [-0.3, -0.25) is 0 Å². The normalized spacial score (nSPS) is 11.7. The molecule has 0 unspecified atom stereocenters. The number of aromatic nitrogens is 3. The number of nitrogens with zero attached hydrogens (tertiary/aromatic N) is 6. The highest BCUT2D eigenvalue weighted by molar-refractivity contribution is 6.11. The molecule has 13 rings (SSSR count). The topological polar surface area (TPSA) is 24.5 Å². The summed E-state index contributed by atoms with van der Waals surface area (Å²) in [5.41, 5.74) is 16.6. The summed E-state index contributed by atoms with van der Waals surface area (Å²) in [6.07, 6.45) is 0.